The van der Waals surface area contributed by atoms with Crippen molar-refractivity contribution >= 4 is 29.4 Å². The quantitative estimate of drug-likeness (QED) is 0.286. The summed E-state index contributed by atoms with van der Waals surface area (Å²) >= 11 is 5.93. The zero-order valence-electron chi connectivity index (χ0n) is 19.1. The lowest BCUT2D eigenvalue weighted by Gasteiger charge is -2.16. The van der Waals surface area contributed by atoms with Crippen molar-refractivity contribution in [2.75, 3.05) is 11.9 Å². The molecule has 4 aromatic carbocycles. The lowest BCUT2D eigenvalue weighted by Crippen LogP contribution is -2.18. The van der Waals surface area contributed by atoms with E-state index in [9.17, 15) is 14.7 Å². The summed E-state index contributed by atoms with van der Waals surface area (Å²) in [6.45, 7) is 0.327. The smallest absolute Gasteiger partial charge is 0.411 e. The normalized spacial score (nSPS) is 11.9. The van der Waals surface area contributed by atoms with Crippen LogP contribution in [-0.4, -0.2) is 23.8 Å². The van der Waals surface area contributed by atoms with Crippen molar-refractivity contribution < 1.29 is 24.2 Å². The minimum absolute atomic E-state index is 0.0409. The number of carboxylic acids is 1. The van der Waals surface area contributed by atoms with E-state index in [-0.39, 0.29) is 30.4 Å². The summed E-state index contributed by atoms with van der Waals surface area (Å²) < 4.78 is 11.5. The van der Waals surface area contributed by atoms with E-state index in [1.54, 1.807) is 12.1 Å². The molecule has 0 heterocycles. The highest BCUT2D eigenvalue weighted by Crippen LogP contribution is 2.44. The Morgan fingerprint density at radius 1 is 0.861 bits per heavy atom. The molecule has 0 saturated heterocycles. The number of amides is 1. The number of hydrogen-bond donors (Lipinski definition) is 2. The number of nitrogens with one attached hydrogen (secondary N) is 1. The molecule has 0 atom stereocenters. The van der Waals surface area contributed by atoms with Gasteiger partial charge in [-0.2, -0.15) is 0 Å². The third kappa shape index (κ3) is 4.90. The molecule has 1 aliphatic rings. The third-order valence-electron chi connectivity index (χ3n) is 6.12. The molecule has 0 spiro atoms. The molecular weight excluding hydrogens is 478 g/mol. The monoisotopic (exact) mass is 499 g/mol. The lowest BCUT2D eigenvalue weighted by atomic mass is 9.98. The van der Waals surface area contributed by atoms with Gasteiger partial charge in [0.05, 0.1) is 11.3 Å². The Balaban J connectivity index is 1.30. The second-order valence-electron chi connectivity index (χ2n) is 8.38. The standard InChI is InChI=1S/C29H22ClNO5/c30-20-12-9-18(10-13-20)16-35-27-15-19(28(32)33)11-14-26(27)31-29(34)36-17-25-23-7-3-1-5-21(23)22-6-2-4-8-24(22)25/h1-15,25H,16-17H2,(H,31,34)(H,32,33). The Hall–Kier alpha value is -4.29. The number of rotatable bonds is 7. The first kappa shape index (κ1) is 23.5. The number of carboxylic acid groups (broad SMARTS) is 1. The van der Waals surface area contributed by atoms with Crippen LogP contribution in [0.15, 0.2) is 91.0 Å². The zero-order valence-corrected chi connectivity index (χ0v) is 19.9. The summed E-state index contributed by atoms with van der Waals surface area (Å²) in [6, 6.07) is 27.6. The average molecular weight is 500 g/mol. The van der Waals surface area contributed by atoms with Gasteiger partial charge in [0.25, 0.3) is 0 Å². The molecule has 1 amide bonds. The summed E-state index contributed by atoms with van der Waals surface area (Å²) in [5, 5.41) is 12.7. The molecule has 0 radical (unpaired) electrons. The van der Waals surface area contributed by atoms with Crippen LogP contribution in [0.5, 0.6) is 5.75 Å². The van der Waals surface area contributed by atoms with Crippen LogP contribution in [-0.2, 0) is 11.3 Å². The Morgan fingerprint density at radius 3 is 2.14 bits per heavy atom. The van der Waals surface area contributed by atoms with E-state index in [0.29, 0.717) is 10.7 Å². The number of ether oxygens (including phenoxy) is 2. The van der Waals surface area contributed by atoms with Gasteiger partial charge >= 0.3 is 12.1 Å². The molecule has 36 heavy (non-hydrogen) atoms. The van der Waals surface area contributed by atoms with Crippen LogP contribution < -0.4 is 10.1 Å². The van der Waals surface area contributed by atoms with Gasteiger partial charge in [-0.3, -0.25) is 5.32 Å². The number of carbonyl (C=O) groups excluding carboxylic acids is 1. The van der Waals surface area contributed by atoms with Crippen LogP contribution >= 0.6 is 11.6 Å². The molecule has 0 bridgehead atoms. The Morgan fingerprint density at radius 2 is 1.50 bits per heavy atom. The van der Waals surface area contributed by atoms with Gasteiger partial charge < -0.3 is 14.6 Å². The molecule has 0 aliphatic heterocycles. The predicted octanol–water partition coefficient (Wildman–Crippen LogP) is 6.98. The lowest BCUT2D eigenvalue weighted by molar-refractivity contribution is 0.0696. The van der Waals surface area contributed by atoms with Crippen LogP contribution in [0.3, 0.4) is 0 Å². The van der Waals surface area contributed by atoms with Gasteiger partial charge in [0, 0.05) is 10.9 Å². The largest absolute Gasteiger partial charge is 0.487 e. The fraction of sp³-hybridized carbons (Fsp3) is 0.103. The van der Waals surface area contributed by atoms with E-state index in [1.807, 2.05) is 36.4 Å². The number of anilines is 1. The molecule has 4 aromatic rings. The predicted molar refractivity (Wildman–Crippen MR) is 138 cm³/mol. The summed E-state index contributed by atoms with van der Waals surface area (Å²) in [5.74, 6) is -0.949. The molecule has 0 saturated carbocycles. The summed E-state index contributed by atoms with van der Waals surface area (Å²) in [4.78, 5) is 24.2. The SMILES string of the molecule is O=C(Nc1ccc(C(=O)O)cc1OCc1ccc(Cl)cc1)OCC1c2ccccc2-c2ccccc21. The minimum Gasteiger partial charge on any atom is -0.487 e. The van der Waals surface area contributed by atoms with E-state index in [2.05, 4.69) is 29.6 Å². The second-order valence-corrected chi connectivity index (χ2v) is 8.82. The number of halogens is 1. The first-order chi connectivity index (χ1) is 17.5. The molecule has 6 nitrogen and oxygen atoms in total. The maximum Gasteiger partial charge on any atom is 0.411 e. The van der Waals surface area contributed by atoms with Crippen molar-refractivity contribution in [2.24, 2.45) is 0 Å². The van der Waals surface area contributed by atoms with Gasteiger partial charge in [-0.1, -0.05) is 72.3 Å². The Bertz CT molecular complexity index is 1390. The molecule has 1 aliphatic carbocycles. The molecule has 0 fully saturated rings. The summed E-state index contributed by atoms with van der Waals surface area (Å²) in [6.07, 6.45) is -0.656. The van der Waals surface area contributed by atoms with Crippen molar-refractivity contribution in [3.63, 3.8) is 0 Å². The number of carbonyl (C=O) groups is 2. The van der Waals surface area contributed by atoms with E-state index < -0.39 is 12.1 Å². The highest BCUT2D eigenvalue weighted by atomic mass is 35.5. The minimum atomic E-state index is -1.10. The van der Waals surface area contributed by atoms with E-state index >= 15 is 0 Å². The number of aromatic carboxylic acids is 1. The van der Waals surface area contributed by atoms with Gasteiger partial charge in [-0.25, -0.2) is 9.59 Å². The van der Waals surface area contributed by atoms with Gasteiger partial charge in [-0.15, -0.1) is 0 Å². The van der Waals surface area contributed by atoms with E-state index in [4.69, 9.17) is 21.1 Å². The Labute approximate surface area is 213 Å². The first-order valence-electron chi connectivity index (χ1n) is 11.4. The maximum atomic E-state index is 12.8. The van der Waals surface area contributed by atoms with Crippen LogP contribution in [0.25, 0.3) is 11.1 Å². The highest BCUT2D eigenvalue weighted by molar-refractivity contribution is 6.30. The molecule has 180 valence electrons. The number of hydrogen-bond acceptors (Lipinski definition) is 4. The van der Waals surface area contributed by atoms with Crippen molar-refractivity contribution in [3.8, 4) is 16.9 Å². The molecule has 0 aromatic heterocycles. The molecule has 2 N–H and O–H groups in total. The summed E-state index contributed by atoms with van der Waals surface area (Å²) in [7, 11) is 0. The second kappa shape index (κ2) is 10.1. The highest BCUT2D eigenvalue weighted by Gasteiger charge is 2.29. The molecular formula is C29H22ClNO5. The molecule has 5 rings (SSSR count). The maximum absolute atomic E-state index is 12.8. The summed E-state index contributed by atoms with van der Waals surface area (Å²) in [5.41, 5.74) is 5.71. The van der Waals surface area contributed by atoms with Gasteiger partial charge in [0.15, 0.2) is 0 Å². The van der Waals surface area contributed by atoms with Gasteiger partial charge in [0.1, 0.15) is 19.0 Å². The number of fused-ring (bicyclic) bond motifs is 3. The zero-order chi connectivity index (χ0) is 25.1. The first-order valence-corrected chi connectivity index (χ1v) is 11.7. The van der Waals surface area contributed by atoms with Crippen LogP contribution in [0.4, 0.5) is 10.5 Å². The van der Waals surface area contributed by atoms with Gasteiger partial charge in [0.2, 0.25) is 0 Å². The van der Waals surface area contributed by atoms with E-state index in [1.165, 1.54) is 18.2 Å². The van der Waals surface area contributed by atoms with Crippen molar-refractivity contribution in [2.45, 2.75) is 12.5 Å². The van der Waals surface area contributed by atoms with Crippen molar-refractivity contribution in [1.29, 1.82) is 0 Å². The fourth-order valence-corrected chi connectivity index (χ4v) is 4.49. The van der Waals surface area contributed by atoms with Gasteiger partial charge in [-0.05, 0) is 58.1 Å². The topological polar surface area (TPSA) is 84.9 Å². The van der Waals surface area contributed by atoms with Crippen molar-refractivity contribution in [1.82, 2.24) is 0 Å². The average Bonchev–Trinajstić information content (AvgIpc) is 3.21. The van der Waals surface area contributed by atoms with E-state index in [0.717, 1.165) is 27.8 Å². The number of benzene rings is 4. The fourth-order valence-electron chi connectivity index (χ4n) is 4.36. The molecule has 7 heteroatoms. The Kier molecular flexibility index (Phi) is 6.60. The van der Waals surface area contributed by atoms with Crippen LogP contribution in [0.1, 0.15) is 33.0 Å². The third-order valence-corrected chi connectivity index (χ3v) is 6.37. The molecule has 0 unspecified atom stereocenters. The van der Waals surface area contributed by atoms with Crippen LogP contribution in [0, 0.1) is 0 Å². The van der Waals surface area contributed by atoms with Crippen LogP contribution in [0.2, 0.25) is 5.02 Å². The van der Waals surface area contributed by atoms with Crippen molar-refractivity contribution in [3.05, 3.63) is 118 Å².